The van der Waals surface area contributed by atoms with Gasteiger partial charge in [-0.1, -0.05) is 17.8 Å². The zero-order valence-corrected chi connectivity index (χ0v) is 12.5. The standard InChI is InChI=1S/C18H16N2S/c19-17-6-7-18(16-11-20-9-8-15(16)17)21-14-5-4-12-2-1-3-13(12)10-14/h4-11H,1-3,19H2. The fourth-order valence-electron chi connectivity index (χ4n) is 3.02. The summed E-state index contributed by atoms with van der Waals surface area (Å²) in [5, 5.41) is 2.21. The summed E-state index contributed by atoms with van der Waals surface area (Å²) in [5.41, 5.74) is 9.89. The predicted octanol–water partition coefficient (Wildman–Crippen LogP) is 4.46. The van der Waals surface area contributed by atoms with Crippen LogP contribution in [0.5, 0.6) is 0 Å². The van der Waals surface area contributed by atoms with Crippen molar-refractivity contribution in [3.05, 3.63) is 59.9 Å². The molecule has 0 bridgehead atoms. The lowest BCUT2D eigenvalue weighted by atomic mass is 10.1. The van der Waals surface area contributed by atoms with Gasteiger partial charge in [0.25, 0.3) is 0 Å². The third-order valence-electron chi connectivity index (χ3n) is 4.11. The third kappa shape index (κ3) is 2.28. The lowest BCUT2D eigenvalue weighted by Crippen LogP contribution is -1.89. The lowest BCUT2D eigenvalue weighted by Gasteiger charge is -2.09. The summed E-state index contributed by atoms with van der Waals surface area (Å²) in [6.07, 6.45) is 7.44. The third-order valence-corrected chi connectivity index (χ3v) is 5.18. The van der Waals surface area contributed by atoms with Gasteiger partial charge in [-0.05, 0) is 60.7 Å². The maximum absolute atomic E-state index is 6.06. The Morgan fingerprint density at radius 1 is 0.952 bits per heavy atom. The van der Waals surface area contributed by atoms with E-state index >= 15 is 0 Å². The van der Waals surface area contributed by atoms with E-state index in [2.05, 4.69) is 29.2 Å². The summed E-state index contributed by atoms with van der Waals surface area (Å²) in [7, 11) is 0. The van der Waals surface area contributed by atoms with E-state index in [1.165, 1.54) is 40.2 Å². The van der Waals surface area contributed by atoms with Crippen LogP contribution in [-0.4, -0.2) is 4.98 Å². The Labute approximate surface area is 128 Å². The number of nitrogen functional groups attached to an aromatic ring is 1. The van der Waals surface area contributed by atoms with E-state index in [9.17, 15) is 0 Å². The summed E-state index contributed by atoms with van der Waals surface area (Å²) >= 11 is 1.80. The number of aromatic nitrogens is 1. The molecule has 1 aliphatic carbocycles. The summed E-state index contributed by atoms with van der Waals surface area (Å²) < 4.78 is 0. The zero-order chi connectivity index (χ0) is 14.2. The second kappa shape index (κ2) is 5.08. The highest BCUT2D eigenvalue weighted by molar-refractivity contribution is 7.99. The summed E-state index contributed by atoms with van der Waals surface area (Å²) in [5.74, 6) is 0. The molecule has 0 spiro atoms. The van der Waals surface area contributed by atoms with Gasteiger partial charge in [0, 0.05) is 38.6 Å². The monoisotopic (exact) mass is 292 g/mol. The van der Waals surface area contributed by atoms with Crippen molar-refractivity contribution in [3.8, 4) is 0 Å². The zero-order valence-electron chi connectivity index (χ0n) is 11.7. The second-order valence-corrected chi connectivity index (χ2v) is 6.58. The minimum atomic E-state index is 0.811. The quantitative estimate of drug-likeness (QED) is 0.709. The Bertz CT molecular complexity index is 827. The molecule has 3 aromatic rings. The SMILES string of the molecule is Nc1ccc(Sc2ccc3c(c2)CCC3)c2cnccc12. The lowest BCUT2D eigenvalue weighted by molar-refractivity contribution is 0.911. The molecule has 2 aromatic carbocycles. The molecule has 0 amide bonds. The number of nitrogens with zero attached hydrogens (tertiary/aromatic N) is 1. The minimum absolute atomic E-state index is 0.811. The van der Waals surface area contributed by atoms with Crippen LogP contribution in [0.2, 0.25) is 0 Å². The van der Waals surface area contributed by atoms with Crippen LogP contribution in [-0.2, 0) is 12.8 Å². The average Bonchev–Trinajstić information content (AvgIpc) is 2.98. The summed E-state index contributed by atoms with van der Waals surface area (Å²) in [4.78, 5) is 6.76. The molecular formula is C18H16N2S. The molecule has 104 valence electrons. The Kier molecular flexibility index (Phi) is 3.08. The first-order chi connectivity index (χ1) is 10.3. The van der Waals surface area contributed by atoms with Crippen molar-refractivity contribution in [2.24, 2.45) is 0 Å². The van der Waals surface area contributed by atoms with Gasteiger partial charge in [0.05, 0.1) is 0 Å². The van der Waals surface area contributed by atoms with Crippen molar-refractivity contribution in [1.82, 2.24) is 4.98 Å². The molecule has 0 saturated carbocycles. The Hall–Kier alpha value is -2.00. The molecule has 0 aliphatic heterocycles. The fourth-order valence-corrected chi connectivity index (χ4v) is 4.02. The minimum Gasteiger partial charge on any atom is -0.398 e. The summed E-state index contributed by atoms with van der Waals surface area (Å²) in [6, 6.07) is 12.9. The Morgan fingerprint density at radius 3 is 2.81 bits per heavy atom. The fraction of sp³-hybridized carbons (Fsp3) is 0.167. The number of hydrogen-bond donors (Lipinski definition) is 1. The first-order valence-electron chi connectivity index (χ1n) is 7.23. The molecular weight excluding hydrogens is 276 g/mol. The molecule has 1 aromatic heterocycles. The van der Waals surface area contributed by atoms with Gasteiger partial charge in [0.1, 0.15) is 0 Å². The van der Waals surface area contributed by atoms with E-state index in [0.29, 0.717) is 0 Å². The number of pyridine rings is 1. The van der Waals surface area contributed by atoms with E-state index in [0.717, 1.165) is 16.5 Å². The highest BCUT2D eigenvalue weighted by Gasteiger charge is 2.12. The topological polar surface area (TPSA) is 38.9 Å². The van der Waals surface area contributed by atoms with Crippen LogP contribution in [0.3, 0.4) is 0 Å². The van der Waals surface area contributed by atoms with Crippen molar-refractivity contribution >= 4 is 28.2 Å². The van der Waals surface area contributed by atoms with E-state index < -0.39 is 0 Å². The molecule has 0 fully saturated rings. The van der Waals surface area contributed by atoms with Gasteiger partial charge >= 0.3 is 0 Å². The first kappa shape index (κ1) is 12.7. The van der Waals surface area contributed by atoms with Gasteiger partial charge in [-0.25, -0.2) is 0 Å². The Balaban J connectivity index is 1.76. The highest BCUT2D eigenvalue weighted by atomic mass is 32.2. The van der Waals surface area contributed by atoms with Crippen LogP contribution in [0.4, 0.5) is 5.69 Å². The van der Waals surface area contributed by atoms with Crippen molar-refractivity contribution in [2.75, 3.05) is 5.73 Å². The first-order valence-corrected chi connectivity index (χ1v) is 8.05. The van der Waals surface area contributed by atoms with Crippen molar-refractivity contribution < 1.29 is 0 Å². The van der Waals surface area contributed by atoms with E-state index in [-0.39, 0.29) is 0 Å². The molecule has 1 aliphatic rings. The molecule has 0 saturated heterocycles. The molecule has 2 N–H and O–H groups in total. The van der Waals surface area contributed by atoms with Gasteiger partial charge in [-0.15, -0.1) is 0 Å². The van der Waals surface area contributed by atoms with Crippen molar-refractivity contribution in [2.45, 2.75) is 29.1 Å². The van der Waals surface area contributed by atoms with Gasteiger partial charge in [0.2, 0.25) is 0 Å². The van der Waals surface area contributed by atoms with E-state index in [1.807, 2.05) is 18.3 Å². The highest BCUT2D eigenvalue weighted by Crippen LogP contribution is 2.37. The molecule has 2 nitrogen and oxygen atoms in total. The van der Waals surface area contributed by atoms with Crippen molar-refractivity contribution in [3.63, 3.8) is 0 Å². The van der Waals surface area contributed by atoms with Gasteiger partial charge in [0.15, 0.2) is 0 Å². The van der Waals surface area contributed by atoms with E-state index in [1.54, 1.807) is 18.0 Å². The van der Waals surface area contributed by atoms with Crippen LogP contribution < -0.4 is 5.73 Å². The number of benzene rings is 2. The molecule has 21 heavy (non-hydrogen) atoms. The normalized spacial score (nSPS) is 13.5. The number of rotatable bonds is 2. The molecule has 3 heteroatoms. The van der Waals surface area contributed by atoms with Crippen LogP contribution in [0.1, 0.15) is 17.5 Å². The largest absolute Gasteiger partial charge is 0.398 e. The van der Waals surface area contributed by atoms with Gasteiger partial charge in [-0.2, -0.15) is 0 Å². The van der Waals surface area contributed by atoms with E-state index in [4.69, 9.17) is 5.73 Å². The van der Waals surface area contributed by atoms with Gasteiger partial charge < -0.3 is 5.73 Å². The van der Waals surface area contributed by atoms with Crippen LogP contribution in [0.25, 0.3) is 10.8 Å². The number of fused-ring (bicyclic) bond motifs is 2. The number of nitrogens with two attached hydrogens (primary N) is 1. The maximum Gasteiger partial charge on any atom is 0.0395 e. The van der Waals surface area contributed by atoms with Crippen LogP contribution in [0, 0.1) is 0 Å². The molecule has 0 unspecified atom stereocenters. The Morgan fingerprint density at radius 2 is 1.86 bits per heavy atom. The van der Waals surface area contributed by atoms with Gasteiger partial charge in [-0.3, -0.25) is 4.98 Å². The smallest absolute Gasteiger partial charge is 0.0395 e. The predicted molar refractivity (Wildman–Crippen MR) is 88.7 cm³/mol. The number of hydrogen-bond acceptors (Lipinski definition) is 3. The molecule has 4 rings (SSSR count). The summed E-state index contributed by atoms with van der Waals surface area (Å²) in [6.45, 7) is 0. The van der Waals surface area contributed by atoms with Crippen LogP contribution >= 0.6 is 11.8 Å². The molecule has 1 heterocycles. The number of aryl methyl sites for hydroxylation is 2. The van der Waals surface area contributed by atoms with Crippen molar-refractivity contribution in [1.29, 1.82) is 0 Å². The van der Waals surface area contributed by atoms with Crippen LogP contribution in [0.15, 0.2) is 58.6 Å². The second-order valence-electron chi connectivity index (χ2n) is 5.46. The molecule has 0 radical (unpaired) electrons. The molecule has 0 atom stereocenters. The number of anilines is 1. The maximum atomic E-state index is 6.06. The average molecular weight is 292 g/mol.